The van der Waals surface area contributed by atoms with Crippen LogP contribution in [0.3, 0.4) is 0 Å². The Morgan fingerprint density at radius 3 is 2.62 bits per heavy atom. The highest BCUT2D eigenvalue weighted by atomic mass is 32.2. The number of para-hydroxylation sites is 1. The Kier molecular flexibility index (Phi) is 4.51. The maximum absolute atomic E-state index is 12.7. The van der Waals surface area contributed by atoms with Crippen LogP contribution in [0.1, 0.15) is 12.1 Å². The molecular weight excluding hydrogens is 346 g/mol. The number of carbonyl (C=O) groups excluding carboxylic acids is 1. The minimum atomic E-state index is -1.02. The molecule has 1 N–H and O–H groups in total. The Labute approximate surface area is 155 Å². The molecule has 1 unspecified atom stereocenters. The van der Waals surface area contributed by atoms with Gasteiger partial charge in [-0.15, -0.1) is 0 Å². The molecule has 2 amide bonds. The van der Waals surface area contributed by atoms with Gasteiger partial charge in [0.2, 0.25) is 0 Å². The zero-order chi connectivity index (χ0) is 18.1. The van der Waals surface area contributed by atoms with E-state index in [0.717, 1.165) is 30.1 Å². The first-order chi connectivity index (χ1) is 12.6. The molecule has 0 saturated carbocycles. The SMILES string of the molecule is CS(=O)c1ccc(NC(=O)N2CCCn3c(cc4ccccc43)C2)cc1. The summed E-state index contributed by atoms with van der Waals surface area (Å²) in [6.07, 6.45) is 2.57. The van der Waals surface area contributed by atoms with Crippen molar-refractivity contribution in [1.82, 2.24) is 9.47 Å². The van der Waals surface area contributed by atoms with Gasteiger partial charge in [-0.3, -0.25) is 4.21 Å². The van der Waals surface area contributed by atoms with Crippen LogP contribution in [0.25, 0.3) is 10.9 Å². The van der Waals surface area contributed by atoms with Crippen LogP contribution in [-0.4, -0.2) is 32.5 Å². The Balaban J connectivity index is 1.52. The van der Waals surface area contributed by atoms with Crippen LogP contribution in [0, 0.1) is 0 Å². The summed E-state index contributed by atoms with van der Waals surface area (Å²) in [5, 5.41) is 4.16. The molecule has 1 aromatic heterocycles. The van der Waals surface area contributed by atoms with Crippen molar-refractivity contribution in [1.29, 1.82) is 0 Å². The number of hydrogen-bond acceptors (Lipinski definition) is 2. The summed E-state index contributed by atoms with van der Waals surface area (Å²) in [4.78, 5) is 15.3. The van der Waals surface area contributed by atoms with E-state index in [1.165, 1.54) is 10.9 Å². The Hall–Kier alpha value is -2.60. The van der Waals surface area contributed by atoms with Crippen molar-refractivity contribution in [2.75, 3.05) is 18.1 Å². The number of aromatic nitrogens is 1. The number of hydrogen-bond donors (Lipinski definition) is 1. The third kappa shape index (κ3) is 3.24. The van der Waals surface area contributed by atoms with Gasteiger partial charge in [0, 0.05) is 51.9 Å². The fourth-order valence-corrected chi connectivity index (χ4v) is 3.98. The topological polar surface area (TPSA) is 54.3 Å². The molecule has 1 aliphatic rings. The molecule has 1 aliphatic heterocycles. The normalized spacial score (nSPS) is 15.3. The molecule has 4 rings (SSSR count). The minimum Gasteiger partial charge on any atom is -0.343 e. The molecule has 0 bridgehead atoms. The van der Waals surface area contributed by atoms with E-state index in [9.17, 15) is 9.00 Å². The van der Waals surface area contributed by atoms with Gasteiger partial charge in [0.1, 0.15) is 0 Å². The summed E-state index contributed by atoms with van der Waals surface area (Å²) in [6, 6.07) is 17.6. The molecule has 1 atom stereocenters. The predicted molar refractivity (Wildman–Crippen MR) is 105 cm³/mol. The molecule has 6 heteroatoms. The highest BCUT2D eigenvalue weighted by Gasteiger charge is 2.20. The number of urea groups is 1. The van der Waals surface area contributed by atoms with Crippen molar-refractivity contribution in [2.45, 2.75) is 24.4 Å². The van der Waals surface area contributed by atoms with Crippen LogP contribution in [0.2, 0.25) is 0 Å². The van der Waals surface area contributed by atoms with Crippen molar-refractivity contribution in [3.8, 4) is 0 Å². The van der Waals surface area contributed by atoms with E-state index >= 15 is 0 Å². The number of aryl methyl sites for hydroxylation is 1. The molecule has 3 aromatic rings. The lowest BCUT2D eigenvalue weighted by molar-refractivity contribution is 0.210. The van der Waals surface area contributed by atoms with Gasteiger partial charge >= 0.3 is 6.03 Å². The van der Waals surface area contributed by atoms with Gasteiger partial charge in [-0.2, -0.15) is 0 Å². The lowest BCUT2D eigenvalue weighted by Crippen LogP contribution is -2.34. The zero-order valence-electron chi connectivity index (χ0n) is 14.6. The number of nitrogens with zero attached hydrogens (tertiary/aromatic N) is 2. The second-order valence-corrected chi connectivity index (χ2v) is 7.91. The summed E-state index contributed by atoms with van der Waals surface area (Å²) in [5.74, 6) is 0. The molecule has 2 heterocycles. The number of rotatable bonds is 2. The Bertz CT molecular complexity index is 978. The largest absolute Gasteiger partial charge is 0.343 e. The molecule has 0 aliphatic carbocycles. The second-order valence-electron chi connectivity index (χ2n) is 6.53. The third-order valence-electron chi connectivity index (χ3n) is 4.78. The first-order valence-electron chi connectivity index (χ1n) is 8.68. The van der Waals surface area contributed by atoms with E-state index in [1.54, 1.807) is 30.5 Å². The van der Waals surface area contributed by atoms with Crippen LogP contribution in [0.4, 0.5) is 10.5 Å². The maximum atomic E-state index is 12.7. The first-order valence-corrected chi connectivity index (χ1v) is 10.2. The average molecular weight is 367 g/mol. The molecule has 2 aromatic carbocycles. The number of benzene rings is 2. The standard InChI is InChI=1S/C20H21N3O2S/c1-26(25)18-9-7-16(8-10-18)21-20(24)22-11-4-12-23-17(14-22)13-15-5-2-3-6-19(15)23/h2-3,5-10,13H,4,11-12,14H2,1H3,(H,21,24). The third-order valence-corrected chi connectivity index (χ3v) is 5.72. The predicted octanol–water partition coefficient (Wildman–Crippen LogP) is 3.82. The smallest absolute Gasteiger partial charge is 0.322 e. The molecule has 26 heavy (non-hydrogen) atoms. The van der Waals surface area contributed by atoms with Crippen molar-refractivity contribution in [2.24, 2.45) is 0 Å². The summed E-state index contributed by atoms with van der Waals surface area (Å²) < 4.78 is 13.8. The van der Waals surface area contributed by atoms with E-state index in [0.29, 0.717) is 12.2 Å². The van der Waals surface area contributed by atoms with Crippen LogP contribution < -0.4 is 5.32 Å². The van der Waals surface area contributed by atoms with Gasteiger partial charge in [0.25, 0.3) is 0 Å². The minimum absolute atomic E-state index is 0.103. The molecule has 0 spiro atoms. The molecule has 0 radical (unpaired) electrons. The van der Waals surface area contributed by atoms with Gasteiger partial charge in [-0.1, -0.05) is 18.2 Å². The zero-order valence-corrected chi connectivity index (χ0v) is 15.5. The molecule has 134 valence electrons. The monoisotopic (exact) mass is 367 g/mol. The van der Waals surface area contributed by atoms with E-state index in [1.807, 2.05) is 11.0 Å². The maximum Gasteiger partial charge on any atom is 0.322 e. The number of anilines is 1. The summed E-state index contributed by atoms with van der Waals surface area (Å²) in [6.45, 7) is 2.24. The summed E-state index contributed by atoms with van der Waals surface area (Å²) in [7, 11) is -1.02. The average Bonchev–Trinajstić information content (AvgIpc) is 2.84. The van der Waals surface area contributed by atoms with E-state index in [-0.39, 0.29) is 6.03 Å². The van der Waals surface area contributed by atoms with Crippen LogP contribution in [0.5, 0.6) is 0 Å². The highest BCUT2D eigenvalue weighted by molar-refractivity contribution is 7.84. The number of carbonyl (C=O) groups is 1. The van der Waals surface area contributed by atoms with Gasteiger partial charge < -0.3 is 14.8 Å². The van der Waals surface area contributed by atoms with Crippen molar-refractivity contribution in [3.63, 3.8) is 0 Å². The van der Waals surface area contributed by atoms with E-state index in [2.05, 4.69) is 34.1 Å². The lowest BCUT2D eigenvalue weighted by Gasteiger charge is -2.20. The molecular formula is C20H21N3O2S. The van der Waals surface area contributed by atoms with Crippen molar-refractivity contribution >= 4 is 33.4 Å². The van der Waals surface area contributed by atoms with Gasteiger partial charge in [0.05, 0.1) is 6.54 Å². The first kappa shape index (κ1) is 16.8. The molecule has 0 fully saturated rings. The highest BCUT2D eigenvalue weighted by Crippen LogP contribution is 2.24. The molecule has 0 saturated heterocycles. The van der Waals surface area contributed by atoms with Crippen molar-refractivity contribution in [3.05, 3.63) is 60.3 Å². The van der Waals surface area contributed by atoms with Crippen molar-refractivity contribution < 1.29 is 9.00 Å². The Morgan fingerprint density at radius 2 is 1.85 bits per heavy atom. The number of fused-ring (bicyclic) bond motifs is 3. The van der Waals surface area contributed by atoms with E-state index < -0.39 is 10.8 Å². The fourth-order valence-electron chi connectivity index (χ4n) is 3.46. The second kappa shape index (κ2) is 6.96. The summed E-state index contributed by atoms with van der Waals surface area (Å²) >= 11 is 0. The van der Waals surface area contributed by atoms with Crippen LogP contribution in [-0.2, 0) is 23.9 Å². The molecule has 5 nitrogen and oxygen atoms in total. The van der Waals surface area contributed by atoms with Gasteiger partial charge in [-0.05, 0) is 48.2 Å². The number of nitrogens with one attached hydrogen (secondary N) is 1. The van der Waals surface area contributed by atoms with Gasteiger partial charge in [-0.25, -0.2) is 4.79 Å². The van der Waals surface area contributed by atoms with Crippen LogP contribution >= 0.6 is 0 Å². The van der Waals surface area contributed by atoms with E-state index in [4.69, 9.17) is 0 Å². The fraction of sp³-hybridized carbons (Fsp3) is 0.250. The number of amides is 2. The Morgan fingerprint density at radius 1 is 1.08 bits per heavy atom. The van der Waals surface area contributed by atoms with Crippen LogP contribution in [0.15, 0.2) is 59.5 Å². The summed E-state index contributed by atoms with van der Waals surface area (Å²) in [5.41, 5.74) is 3.11. The quantitative estimate of drug-likeness (QED) is 0.749. The van der Waals surface area contributed by atoms with Gasteiger partial charge in [0.15, 0.2) is 0 Å². The lowest BCUT2D eigenvalue weighted by atomic mass is 10.2.